The number of halogens is 3. The highest BCUT2D eigenvalue weighted by Gasteiger charge is 2.35. The molecule has 1 N–H and O–H groups in total. The first kappa shape index (κ1) is 24.5. The second-order valence-electron chi connectivity index (χ2n) is 8.23. The Balaban J connectivity index is 1.23. The number of para-hydroxylation sites is 1. The summed E-state index contributed by atoms with van der Waals surface area (Å²) >= 11 is 0. The van der Waals surface area contributed by atoms with Crippen molar-refractivity contribution < 1.29 is 27.4 Å². The minimum Gasteiger partial charge on any atom is -0.490 e. The second kappa shape index (κ2) is 11.2. The summed E-state index contributed by atoms with van der Waals surface area (Å²) in [6.07, 6.45) is -2.03. The number of hydrogen-bond acceptors (Lipinski definition) is 5. The molecule has 1 saturated heterocycles. The zero-order valence-corrected chi connectivity index (χ0v) is 19.0. The van der Waals surface area contributed by atoms with Crippen LogP contribution in [0.3, 0.4) is 0 Å². The van der Waals surface area contributed by atoms with E-state index in [1.807, 2.05) is 35.2 Å². The zero-order valence-electron chi connectivity index (χ0n) is 19.0. The molecule has 9 heteroatoms. The lowest BCUT2D eigenvalue weighted by Gasteiger charge is -2.33. The largest absolute Gasteiger partial charge is 0.490 e. The molecule has 0 spiro atoms. The summed E-state index contributed by atoms with van der Waals surface area (Å²) in [7, 11) is 0. The molecule has 2 heterocycles. The van der Waals surface area contributed by atoms with Gasteiger partial charge in [0.25, 0.3) is 0 Å². The first-order valence-corrected chi connectivity index (χ1v) is 11.3. The summed E-state index contributed by atoms with van der Waals surface area (Å²) < 4.78 is 50.7. The SMILES string of the molecule is O=C(COCc1ccccc1)Nc1ccc(N2CCC(Oc3ccccc3C(F)(F)F)CC2)nc1. The van der Waals surface area contributed by atoms with E-state index in [0.717, 1.165) is 17.4 Å². The number of carbonyl (C=O) groups is 1. The molecule has 0 saturated carbocycles. The molecule has 0 radical (unpaired) electrons. The Morgan fingerprint density at radius 2 is 1.71 bits per heavy atom. The Kier molecular flexibility index (Phi) is 7.87. The van der Waals surface area contributed by atoms with E-state index in [1.54, 1.807) is 24.4 Å². The number of carbonyl (C=O) groups excluding carboxylic acids is 1. The fourth-order valence-corrected chi connectivity index (χ4v) is 3.87. The van der Waals surface area contributed by atoms with Gasteiger partial charge in [0.15, 0.2) is 0 Å². The summed E-state index contributed by atoms with van der Waals surface area (Å²) in [4.78, 5) is 18.6. The van der Waals surface area contributed by atoms with Crippen LogP contribution < -0.4 is 15.0 Å². The van der Waals surface area contributed by atoms with E-state index in [4.69, 9.17) is 9.47 Å². The van der Waals surface area contributed by atoms with Gasteiger partial charge in [0.2, 0.25) is 5.91 Å². The number of anilines is 2. The van der Waals surface area contributed by atoms with Crippen molar-refractivity contribution in [2.24, 2.45) is 0 Å². The van der Waals surface area contributed by atoms with Crippen LogP contribution in [-0.2, 0) is 22.3 Å². The maximum atomic E-state index is 13.2. The third-order valence-corrected chi connectivity index (χ3v) is 5.63. The molecule has 0 unspecified atom stereocenters. The molecule has 0 aliphatic carbocycles. The summed E-state index contributed by atoms with van der Waals surface area (Å²) in [5.74, 6) is 0.328. The van der Waals surface area contributed by atoms with E-state index >= 15 is 0 Å². The zero-order chi connectivity index (χ0) is 24.7. The van der Waals surface area contributed by atoms with Crippen LogP contribution in [0.4, 0.5) is 24.7 Å². The van der Waals surface area contributed by atoms with E-state index in [2.05, 4.69) is 10.3 Å². The predicted octanol–water partition coefficient (Wildman–Crippen LogP) is 5.30. The molecule has 3 aromatic rings. The Morgan fingerprint density at radius 1 is 1.00 bits per heavy atom. The number of benzene rings is 2. The molecular weight excluding hydrogens is 459 g/mol. The second-order valence-corrected chi connectivity index (χ2v) is 8.23. The first-order chi connectivity index (χ1) is 16.9. The lowest BCUT2D eigenvalue weighted by molar-refractivity contribution is -0.139. The number of nitrogens with zero attached hydrogens (tertiary/aromatic N) is 2. The number of nitrogens with one attached hydrogen (secondary N) is 1. The van der Waals surface area contributed by atoms with Gasteiger partial charge in [-0.2, -0.15) is 13.2 Å². The Bertz CT molecular complexity index is 1100. The number of aromatic nitrogens is 1. The molecule has 1 aromatic heterocycles. The maximum absolute atomic E-state index is 13.2. The lowest BCUT2D eigenvalue weighted by atomic mass is 10.1. The summed E-state index contributed by atoms with van der Waals surface area (Å²) in [5, 5.41) is 2.75. The topological polar surface area (TPSA) is 63.7 Å². The normalized spacial score (nSPS) is 14.5. The Labute approximate surface area is 201 Å². The van der Waals surface area contributed by atoms with Gasteiger partial charge in [0.1, 0.15) is 24.3 Å². The third-order valence-electron chi connectivity index (χ3n) is 5.63. The fourth-order valence-electron chi connectivity index (χ4n) is 3.87. The van der Waals surface area contributed by atoms with Crippen LogP contribution in [0.1, 0.15) is 24.0 Å². The molecule has 4 rings (SSSR count). The van der Waals surface area contributed by atoms with Gasteiger partial charge in [-0.25, -0.2) is 4.98 Å². The van der Waals surface area contributed by atoms with E-state index < -0.39 is 11.7 Å². The van der Waals surface area contributed by atoms with Gasteiger partial charge < -0.3 is 19.7 Å². The van der Waals surface area contributed by atoms with E-state index in [1.165, 1.54) is 12.1 Å². The summed E-state index contributed by atoms with van der Waals surface area (Å²) in [6, 6.07) is 18.4. The van der Waals surface area contributed by atoms with E-state index in [0.29, 0.717) is 38.2 Å². The van der Waals surface area contributed by atoms with Gasteiger partial charge in [-0.1, -0.05) is 42.5 Å². The van der Waals surface area contributed by atoms with Crippen LogP contribution in [0.15, 0.2) is 72.9 Å². The summed E-state index contributed by atoms with van der Waals surface area (Å²) in [5.41, 5.74) is 0.793. The highest BCUT2D eigenvalue weighted by Crippen LogP contribution is 2.37. The van der Waals surface area contributed by atoms with E-state index in [-0.39, 0.29) is 24.4 Å². The number of piperidine rings is 1. The number of hydrogen-bond donors (Lipinski definition) is 1. The highest BCUT2D eigenvalue weighted by molar-refractivity contribution is 5.91. The van der Waals surface area contributed by atoms with Crippen LogP contribution >= 0.6 is 0 Å². The van der Waals surface area contributed by atoms with Gasteiger partial charge in [0.05, 0.1) is 24.1 Å². The molecule has 1 aliphatic rings. The Hall–Kier alpha value is -3.59. The number of ether oxygens (including phenoxy) is 2. The van der Waals surface area contributed by atoms with Crippen molar-refractivity contribution in [2.75, 3.05) is 29.9 Å². The van der Waals surface area contributed by atoms with Crippen molar-refractivity contribution in [1.82, 2.24) is 4.98 Å². The first-order valence-electron chi connectivity index (χ1n) is 11.3. The molecule has 35 heavy (non-hydrogen) atoms. The van der Waals surface area contributed by atoms with Gasteiger partial charge in [-0.05, 0) is 29.8 Å². The molecule has 1 fully saturated rings. The third kappa shape index (κ3) is 6.95. The van der Waals surface area contributed by atoms with Crippen LogP contribution in [0, 0.1) is 0 Å². The monoisotopic (exact) mass is 485 g/mol. The van der Waals surface area contributed by atoms with Gasteiger partial charge in [0, 0.05) is 25.9 Å². The average molecular weight is 486 g/mol. The highest BCUT2D eigenvalue weighted by atomic mass is 19.4. The van der Waals surface area contributed by atoms with Gasteiger partial charge >= 0.3 is 6.18 Å². The van der Waals surface area contributed by atoms with Crippen LogP contribution in [0.5, 0.6) is 5.75 Å². The van der Waals surface area contributed by atoms with Crippen LogP contribution in [0.25, 0.3) is 0 Å². The average Bonchev–Trinajstić information content (AvgIpc) is 2.85. The summed E-state index contributed by atoms with van der Waals surface area (Å²) in [6.45, 7) is 1.49. The van der Waals surface area contributed by atoms with Crippen molar-refractivity contribution in [3.8, 4) is 5.75 Å². The quantitative estimate of drug-likeness (QED) is 0.469. The smallest absolute Gasteiger partial charge is 0.419 e. The molecule has 2 aromatic carbocycles. The molecule has 6 nitrogen and oxygen atoms in total. The fraction of sp³-hybridized carbons (Fsp3) is 0.308. The van der Waals surface area contributed by atoms with Gasteiger partial charge in [-0.15, -0.1) is 0 Å². The van der Waals surface area contributed by atoms with Crippen LogP contribution in [-0.4, -0.2) is 36.7 Å². The van der Waals surface area contributed by atoms with Crippen LogP contribution in [0.2, 0.25) is 0 Å². The number of rotatable bonds is 8. The van der Waals surface area contributed by atoms with E-state index in [9.17, 15) is 18.0 Å². The standard InChI is InChI=1S/C26H26F3N3O3/c27-26(28,29)22-8-4-5-9-23(22)35-21-12-14-32(15-13-21)24-11-10-20(16-30-24)31-25(33)18-34-17-19-6-2-1-3-7-19/h1-11,16,21H,12-15,17-18H2,(H,31,33). The van der Waals surface area contributed by atoms with Crippen molar-refractivity contribution in [1.29, 1.82) is 0 Å². The number of alkyl halides is 3. The molecular formula is C26H26F3N3O3. The molecule has 184 valence electrons. The lowest BCUT2D eigenvalue weighted by Crippen LogP contribution is -2.38. The van der Waals surface area contributed by atoms with Crippen molar-refractivity contribution in [3.63, 3.8) is 0 Å². The van der Waals surface area contributed by atoms with Crippen molar-refractivity contribution in [2.45, 2.75) is 31.7 Å². The molecule has 0 atom stereocenters. The molecule has 0 bridgehead atoms. The van der Waals surface area contributed by atoms with Crippen molar-refractivity contribution >= 4 is 17.4 Å². The van der Waals surface area contributed by atoms with Gasteiger partial charge in [-0.3, -0.25) is 4.79 Å². The number of amides is 1. The molecule has 1 aliphatic heterocycles. The number of pyridine rings is 1. The predicted molar refractivity (Wildman–Crippen MR) is 126 cm³/mol. The Morgan fingerprint density at radius 3 is 2.40 bits per heavy atom. The molecule has 1 amide bonds. The minimum atomic E-state index is -4.45. The minimum absolute atomic E-state index is 0.0678. The maximum Gasteiger partial charge on any atom is 0.419 e. The van der Waals surface area contributed by atoms with Crippen molar-refractivity contribution in [3.05, 3.63) is 84.1 Å².